The van der Waals surface area contributed by atoms with Crippen molar-refractivity contribution in [1.29, 1.82) is 0 Å². The number of carbonyl (C=O) groups excluding carboxylic acids is 1. The predicted octanol–water partition coefficient (Wildman–Crippen LogP) is 0.350. The third-order valence-corrected chi connectivity index (χ3v) is 3.83. The Morgan fingerprint density at radius 1 is 1.65 bits per heavy atom. The third kappa shape index (κ3) is 3.02. The van der Waals surface area contributed by atoms with Crippen LogP contribution in [-0.4, -0.2) is 53.9 Å². The molecule has 112 valence electrons. The van der Waals surface area contributed by atoms with Crippen molar-refractivity contribution < 1.29 is 9.53 Å². The average Bonchev–Trinajstić information content (AvgIpc) is 2.86. The number of aromatic nitrogens is 2. The van der Waals surface area contributed by atoms with Crippen LogP contribution in [0.2, 0.25) is 0 Å². The summed E-state index contributed by atoms with van der Waals surface area (Å²) in [6, 6.07) is 0. The molecule has 0 spiro atoms. The van der Waals surface area contributed by atoms with E-state index in [0.717, 1.165) is 5.56 Å². The van der Waals surface area contributed by atoms with Gasteiger partial charge in [0, 0.05) is 37.8 Å². The van der Waals surface area contributed by atoms with Gasteiger partial charge in [-0.2, -0.15) is 5.10 Å². The van der Waals surface area contributed by atoms with Gasteiger partial charge in [0.2, 0.25) is 5.91 Å². The van der Waals surface area contributed by atoms with Crippen LogP contribution in [0.4, 0.5) is 0 Å². The van der Waals surface area contributed by atoms with Gasteiger partial charge in [-0.3, -0.25) is 9.48 Å². The third-order valence-electron chi connectivity index (χ3n) is 3.83. The highest BCUT2D eigenvalue weighted by molar-refractivity contribution is 5.79. The van der Waals surface area contributed by atoms with Crippen LogP contribution in [0, 0.1) is 5.92 Å². The Kier molecular flexibility index (Phi) is 4.45. The normalized spacial score (nSPS) is 24.7. The van der Waals surface area contributed by atoms with Gasteiger partial charge in [-0.25, -0.2) is 0 Å². The molecule has 1 fully saturated rings. The number of hydrogen-bond acceptors (Lipinski definition) is 4. The fraction of sp³-hybridized carbons (Fsp3) is 0.714. The minimum atomic E-state index is -0.471. The van der Waals surface area contributed by atoms with Gasteiger partial charge < -0.3 is 15.0 Å². The number of ether oxygens (including phenoxy) is 1. The molecule has 2 heterocycles. The summed E-state index contributed by atoms with van der Waals surface area (Å²) in [4.78, 5) is 14.3. The quantitative estimate of drug-likeness (QED) is 0.864. The van der Waals surface area contributed by atoms with Gasteiger partial charge in [0.05, 0.1) is 19.3 Å². The topological polar surface area (TPSA) is 59.4 Å². The Morgan fingerprint density at radius 2 is 2.40 bits per heavy atom. The number of nitrogens with zero attached hydrogens (tertiary/aromatic N) is 3. The fourth-order valence-electron chi connectivity index (χ4n) is 2.63. The Balaban J connectivity index is 2.10. The maximum Gasteiger partial charge on any atom is 0.226 e. The first-order valence-corrected chi connectivity index (χ1v) is 7.03. The van der Waals surface area contributed by atoms with Crippen molar-refractivity contribution in [2.75, 3.05) is 33.3 Å². The molecular formula is C14H24N4O2. The zero-order valence-electron chi connectivity index (χ0n) is 12.7. The number of amides is 1. The molecule has 6 heteroatoms. The minimum Gasteiger partial charge on any atom is -0.367 e. The van der Waals surface area contributed by atoms with Gasteiger partial charge >= 0.3 is 0 Å². The van der Waals surface area contributed by atoms with Crippen molar-refractivity contribution in [1.82, 2.24) is 20.0 Å². The maximum atomic E-state index is 12.4. The van der Waals surface area contributed by atoms with Crippen LogP contribution in [0.3, 0.4) is 0 Å². The minimum absolute atomic E-state index is 0.0174. The Morgan fingerprint density at radius 3 is 3.00 bits per heavy atom. The number of rotatable bonds is 4. The molecule has 0 radical (unpaired) electrons. The van der Waals surface area contributed by atoms with Crippen molar-refractivity contribution in [2.45, 2.75) is 19.4 Å². The van der Waals surface area contributed by atoms with Crippen molar-refractivity contribution in [3.05, 3.63) is 18.0 Å². The molecule has 2 atom stereocenters. The lowest BCUT2D eigenvalue weighted by molar-refractivity contribution is -0.153. The van der Waals surface area contributed by atoms with E-state index in [1.165, 1.54) is 0 Å². The number of carbonyl (C=O) groups is 1. The monoisotopic (exact) mass is 280 g/mol. The van der Waals surface area contributed by atoms with Crippen LogP contribution in [0.15, 0.2) is 12.4 Å². The number of hydrogen-bond donors (Lipinski definition) is 1. The van der Waals surface area contributed by atoms with Gasteiger partial charge in [-0.15, -0.1) is 0 Å². The predicted molar refractivity (Wildman–Crippen MR) is 76.2 cm³/mol. The molecule has 1 aliphatic heterocycles. The maximum absolute atomic E-state index is 12.4. The zero-order valence-corrected chi connectivity index (χ0v) is 12.7. The van der Waals surface area contributed by atoms with Crippen molar-refractivity contribution >= 4 is 5.91 Å². The summed E-state index contributed by atoms with van der Waals surface area (Å²) in [6.07, 6.45) is 3.76. The number of morpholine rings is 1. The van der Waals surface area contributed by atoms with Crippen LogP contribution < -0.4 is 5.32 Å². The highest BCUT2D eigenvalue weighted by atomic mass is 16.5. The molecule has 0 saturated carbocycles. The molecular weight excluding hydrogens is 256 g/mol. The van der Waals surface area contributed by atoms with Gasteiger partial charge in [0.25, 0.3) is 0 Å². The van der Waals surface area contributed by atoms with E-state index in [4.69, 9.17) is 4.74 Å². The first kappa shape index (κ1) is 15.0. The highest BCUT2D eigenvalue weighted by Crippen LogP contribution is 2.29. The molecule has 20 heavy (non-hydrogen) atoms. The van der Waals surface area contributed by atoms with Crippen molar-refractivity contribution in [3.63, 3.8) is 0 Å². The largest absolute Gasteiger partial charge is 0.367 e. The molecule has 0 unspecified atom stereocenters. The summed E-state index contributed by atoms with van der Waals surface area (Å²) in [5, 5.41) is 7.25. The smallest absolute Gasteiger partial charge is 0.226 e. The molecule has 2 rings (SSSR count). The van der Waals surface area contributed by atoms with E-state index >= 15 is 0 Å². The summed E-state index contributed by atoms with van der Waals surface area (Å²) >= 11 is 0. The average molecular weight is 280 g/mol. The number of aryl methyl sites for hydroxylation is 1. The molecule has 6 nitrogen and oxygen atoms in total. The summed E-state index contributed by atoms with van der Waals surface area (Å²) in [7, 11) is 3.75. The second-order valence-corrected chi connectivity index (χ2v) is 5.70. The molecule has 1 amide bonds. The van der Waals surface area contributed by atoms with Gasteiger partial charge in [-0.1, -0.05) is 6.92 Å². The van der Waals surface area contributed by atoms with Gasteiger partial charge in [0.1, 0.15) is 5.60 Å². The molecule has 1 N–H and O–H groups in total. The first-order valence-electron chi connectivity index (χ1n) is 7.03. The van der Waals surface area contributed by atoms with Gasteiger partial charge in [0.15, 0.2) is 0 Å². The molecule has 1 aliphatic rings. The zero-order chi connectivity index (χ0) is 14.8. The second kappa shape index (κ2) is 5.93. The van der Waals surface area contributed by atoms with Crippen LogP contribution in [0.25, 0.3) is 0 Å². The van der Waals surface area contributed by atoms with E-state index in [0.29, 0.717) is 26.2 Å². The van der Waals surface area contributed by atoms with Crippen LogP contribution >= 0.6 is 0 Å². The van der Waals surface area contributed by atoms with Crippen LogP contribution in [-0.2, 0) is 22.2 Å². The first-order chi connectivity index (χ1) is 9.46. The fourth-order valence-corrected chi connectivity index (χ4v) is 2.63. The SMILES string of the molecule is CNC[C@@H](C)C(=O)N1CCO[C@](C)(c2cnn(C)c2)C1. The summed E-state index contributed by atoms with van der Waals surface area (Å²) in [5.41, 5.74) is 0.542. The molecule has 1 saturated heterocycles. The van der Waals surface area contributed by atoms with E-state index in [9.17, 15) is 4.79 Å². The molecule has 0 aromatic carbocycles. The van der Waals surface area contributed by atoms with E-state index in [-0.39, 0.29) is 11.8 Å². The second-order valence-electron chi connectivity index (χ2n) is 5.70. The van der Waals surface area contributed by atoms with E-state index in [1.807, 2.05) is 45.2 Å². The van der Waals surface area contributed by atoms with E-state index in [2.05, 4.69) is 10.4 Å². The molecule has 1 aromatic rings. The molecule has 0 bridgehead atoms. The van der Waals surface area contributed by atoms with E-state index in [1.54, 1.807) is 4.68 Å². The summed E-state index contributed by atoms with van der Waals surface area (Å²) in [5.74, 6) is 0.161. The van der Waals surface area contributed by atoms with Crippen molar-refractivity contribution in [3.8, 4) is 0 Å². The lowest BCUT2D eigenvalue weighted by atomic mass is 9.96. The number of nitrogens with one attached hydrogen (secondary N) is 1. The summed E-state index contributed by atoms with van der Waals surface area (Å²) in [6.45, 7) is 6.46. The highest BCUT2D eigenvalue weighted by Gasteiger charge is 2.37. The van der Waals surface area contributed by atoms with Crippen LogP contribution in [0.5, 0.6) is 0 Å². The van der Waals surface area contributed by atoms with Crippen LogP contribution in [0.1, 0.15) is 19.4 Å². The van der Waals surface area contributed by atoms with Crippen molar-refractivity contribution in [2.24, 2.45) is 13.0 Å². The Bertz CT molecular complexity index is 473. The lowest BCUT2D eigenvalue weighted by Crippen LogP contribution is -2.52. The Labute approximate surface area is 120 Å². The summed E-state index contributed by atoms with van der Waals surface area (Å²) < 4.78 is 7.68. The Hall–Kier alpha value is -1.40. The molecule has 0 aliphatic carbocycles. The standard InChI is InChI=1S/C14H24N4O2/c1-11(7-15-3)13(19)18-5-6-20-14(2,10-18)12-8-16-17(4)9-12/h8-9,11,15H,5-7,10H2,1-4H3/t11-,14+/m1/s1. The van der Waals surface area contributed by atoms with E-state index < -0.39 is 5.60 Å². The lowest BCUT2D eigenvalue weighted by Gasteiger charge is -2.41. The molecule has 1 aromatic heterocycles. The van der Waals surface area contributed by atoms with Gasteiger partial charge in [-0.05, 0) is 14.0 Å².